The highest BCUT2D eigenvalue weighted by atomic mass is 15.1. The molecule has 0 fully saturated rings. The Morgan fingerprint density at radius 3 is 1.80 bits per heavy atom. The largest absolute Gasteiger partial charge is 0.280 e. The van der Waals surface area contributed by atoms with E-state index in [0.717, 1.165) is 0 Å². The van der Waals surface area contributed by atoms with E-state index in [4.69, 9.17) is 5.73 Å². The van der Waals surface area contributed by atoms with Gasteiger partial charge in [0.05, 0.1) is 0 Å². The molecule has 2 nitrogen and oxygen atoms in total. The van der Waals surface area contributed by atoms with Crippen LogP contribution in [0.4, 0.5) is 0 Å². The Labute approximate surface area is 32.6 Å². The van der Waals surface area contributed by atoms with Gasteiger partial charge in [-0.05, 0) is 0 Å². The molecule has 0 aromatic carbocycles. The maximum Gasteiger partial charge on any atom is 0.173 e. The van der Waals surface area contributed by atoms with Crippen molar-refractivity contribution < 1.29 is 0 Å². The third-order valence-corrected chi connectivity index (χ3v) is 0.365. The Morgan fingerprint density at radius 2 is 1.80 bits per heavy atom. The van der Waals surface area contributed by atoms with Gasteiger partial charge in [-0.3, -0.25) is 5.73 Å². The third-order valence-electron chi connectivity index (χ3n) is 0.365. The summed E-state index contributed by atoms with van der Waals surface area (Å²) >= 11 is 0. The van der Waals surface area contributed by atoms with Gasteiger partial charge in [-0.2, -0.15) is 4.90 Å². The van der Waals surface area contributed by atoms with Crippen molar-refractivity contribution in [1.29, 1.82) is 0 Å². The maximum absolute atomic E-state index is 5.10. The highest BCUT2D eigenvalue weighted by Gasteiger charge is 1.84. The highest BCUT2D eigenvalue weighted by molar-refractivity contribution is 4.33. The van der Waals surface area contributed by atoms with Crippen LogP contribution >= 0.6 is 0 Å². The lowest BCUT2D eigenvalue weighted by Crippen LogP contribution is -2.26. The molecule has 0 bridgehead atoms. The Kier molecular flexibility index (Phi) is 2.14. The van der Waals surface area contributed by atoms with Gasteiger partial charge in [-0.15, -0.1) is 0 Å². The van der Waals surface area contributed by atoms with Crippen LogP contribution in [0.25, 0.3) is 0 Å². The first kappa shape index (κ1) is 4.92. The first-order valence-electron chi connectivity index (χ1n) is 1.62. The van der Waals surface area contributed by atoms with E-state index in [1.807, 2.05) is 19.0 Å². The molecule has 1 radical (unpaired) electrons. The molecule has 0 atom stereocenters. The van der Waals surface area contributed by atoms with Gasteiger partial charge in [-0.1, -0.05) is 0 Å². The van der Waals surface area contributed by atoms with Crippen molar-refractivity contribution in [2.24, 2.45) is 5.73 Å². The van der Waals surface area contributed by atoms with Crippen LogP contribution in [0.3, 0.4) is 0 Å². The van der Waals surface area contributed by atoms with Crippen LogP contribution < -0.4 is 10.6 Å². The number of nitrogens with zero attached hydrogens (tertiary/aromatic N) is 1. The van der Waals surface area contributed by atoms with Crippen molar-refractivity contribution in [2.75, 3.05) is 20.8 Å². The predicted octanol–water partition coefficient (Wildman–Crippen LogP) is -0.698. The summed E-state index contributed by atoms with van der Waals surface area (Å²) in [6.07, 6.45) is 0. The van der Waals surface area contributed by atoms with E-state index < -0.39 is 0 Å². The van der Waals surface area contributed by atoms with Gasteiger partial charge in [0, 0.05) is 0 Å². The van der Waals surface area contributed by atoms with E-state index in [1.165, 1.54) is 0 Å². The molecule has 31 valence electrons. The molecule has 0 spiro atoms. The summed E-state index contributed by atoms with van der Waals surface area (Å²) in [6, 6.07) is 0. The quantitative estimate of drug-likeness (QED) is 0.324. The van der Waals surface area contributed by atoms with Crippen LogP contribution in [0.5, 0.6) is 0 Å². The molecule has 0 aliphatic carbocycles. The number of rotatable bonds is 1. The lowest BCUT2D eigenvalue weighted by atomic mass is 10.9. The van der Waals surface area contributed by atoms with Crippen LogP contribution in [0, 0.1) is 0 Å². The molecule has 5 heavy (non-hydrogen) atoms. The van der Waals surface area contributed by atoms with Crippen LogP contribution in [0.15, 0.2) is 0 Å². The maximum atomic E-state index is 5.10. The van der Waals surface area contributed by atoms with Crippen molar-refractivity contribution in [3.05, 3.63) is 0 Å². The molecule has 2 heteroatoms. The average Bonchev–Trinajstić information content (AvgIpc) is 1.38. The molecular weight excluding hydrogens is 64.0 g/mol. The van der Waals surface area contributed by atoms with Crippen LogP contribution in [-0.2, 0) is 0 Å². The van der Waals surface area contributed by atoms with E-state index >= 15 is 0 Å². The summed E-state index contributed by atoms with van der Waals surface area (Å²) < 4.78 is 0. The summed E-state index contributed by atoms with van der Waals surface area (Å²) in [6.45, 7) is 0.639. The summed E-state index contributed by atoms with van der Waals surface area (Å²) in [5, 5.41) is 0. The molecule has 2 N–H and O–H groups in total. The second-order valence-corrected chi connectivity index (χ2v) is 1.26. The topological polar surface area (TPSA) is 31.9 Å². The minimum absolute atomic E-state index is 0.639. The molecule has 0 saturated heterocycles. The Hall–Kier alpha value is -0.0800. The summed E-state index contributed by atoms with van der Waals surface area (Å²) in [5.41, 5.74) is 5.10. The van der Waals surface area contributed by atoms with Crippen molar-refractivity contribution in [2.45, 2.75) is 0 Å². The standard InChI is InChI=1S/C3H10N2/c1-5(2)3-4/h3-4H2,1-2H3/q+1. The fourth-order valence-corrected chi connectivity index (χ4v) is 0. The van der Waals surface area contributed by atoms with Crippen LogP contribution in [0.2, 0.25) is 0 Å². The SMILES string of the molecule is C[N+](C)CN. The van der Waals surface area contributed by atoms with Crippen molar-refractivity contribution in [3.63, 3.8) is 0 Å². The lowest BCUT2D eigenvalue weighted by molar-refractivity contribution is 0.581. The van der Waals surface area contributed by atoms with E-state index in [2.05, 4.69) is 0 Å². The number of hydrogen-bond donors (Lipinski definition) is 1. The second kappa shape index (κ2) is 2.18. The molecule has 0 aromatic rings. The molecule has 0 saturated carbocycles. The molecule has 0 unspecified atom stereocenters. The first-order chi connectivity index (χ1) is 2.27. The van der Waals surface area contributed by atoms with Gasteiger partial charge in [0.1, 0.15) is 14.1 Å². The van der Waals surface area contributed by atoms with Crippen molar-refractivity contribution in [1.82, 2.24) is 4.90 Å². The van der Waals surface area contributed by atoms with E-state index in [-0.39, 0.29) is 0 Å². The van der Waals surface area contributed by atoms with Gasteiger partial charge < -0.3 is 0 Å². The Balaban J connectivity index is 2.54. The minimum atomic E-state index is 0.639. The summed E-state index contributed by atoms with van der Waals surface area (Å²) in [4.78, 5) is 1.90. The van der Waals surface area contributed by atoms with Crippen molar-refractivity contribution in [3.8, 4) is 0 Å². The highest BCUT2D eigenvalue weighted by Crippen LogP contribution is 1.48. The molecular formula is C3H10N2+. The summed E-state index contributed by atoms with van der Waals surface area (Å²) in [7, 11) is 3.86. The molecule has 0 aromatic heterocycles. The fourth-order valence-electron chi connectivity index (χ4n) is 0. The normalized spacial score (nSPS) is 9.60. The average molecular weight is 74.1 g/mol. The zero-order valence-corrected chi connectivity index (χ0v) is 3.73. The molecule has 0 aliphatic rings. The summed E-state index contributed by atoms with van der Waals surface area (Å²) in [5.74, 6) is 0. The predicted molar refractivity (Wildman–Crippen MR) is 23.0 cm³/mol. The fraction of sp³-hybridized carbons (Fsp3) is 1.00. The Morgan fingerprint density at radius 1 is 1.60 bits per heavy atom. The monoisotopic (exact) mass is 74.1 g/mol. The zero-order chi connectivity index (χ0) is 4.28. The van der Waals surface area contributed by atoms with E-state index in [1.54, 1.807) is 0 Å². The van der Waals surface area contributed by atoms with Crippen molar-refractivity contribution >= 4 is 0 Å². The minimum Gasteiger partial charge on any atom is -0.280 e. The second-order valence-electron chi connectivity index (χ2n) is 1.26. The van der Waals surface area contributed by atoms with E-state index in [0.29, 0.717) is 6.67 Å². The first-order valence-corrected chi connectivity index (χ1v) is 1.62. The van der Waals surface area contributed by atoms with Gasteiger partial charge >= 0.3 is 0 Å². The number of nitrogens with two attached hydrogens (primary N) is 1. The lowest BCUT2D eigenvalue weighted by Gasteiger charge is -1.87. The van der Waals surface area contributed by atoms with E-state index in [9.17, 15) is 0 Å². The molecule has 0 rings (SSSR count). The zero-order valence-electron chi connectivity index (χ0n) is 3.73. The molecule has 0 amide bonds. The molecule has 0 aliphatic heterocycles. The van der Waals surface area contributed by atoms with Crippen LogP contribution in [0.1, 0.15) is 0 Å². The Bertz CT molecular complexity index is 18.9. The van der Waals surface area contributed by atoms with Gasteiger partial charge in [0.15, 0.2) is 6.67 Å². The third kappa shape index (κ3) is 3.92. The van der Waals surface area contributed by atoms with Gasteiger partial charge in [-0.25, -0.2) is 0 Å². The number of hydrogen-bond acceptors (Lipinski definition) is 2. The molecule has 0 heterocycles. The van der Waals surface area contributed by atoms with Gasteiger partial charge in [0.25, 0.3) is 0 Å². The van der Waals surface area contributed by atoms with Gasteiger partial charge in [0.2, 0.25) is 0 Å². The smallest absolute Gasteiger partial charge is 0.173 e. The van der Waals surface area contributed by atoms with Crippen LogP contribution in [-0.4, -0.2) is 20.8 Å².